The first-order chi connectivity index (χ1) is 0. The summed E-state index contributed by atoms with van der Waals surface area (Å²) in [6, 6.07) is 0. The SMILES string of the molecule is C.C.C.C.[Sb].[Sb]. The second kappa shape index (κ2) is 78.7. The third-order valence-corrected chi connectivity index (χ3v) is 0. The topological polar surface area (TPSA) is 0 Å². The molecule has 0 unspecified atom stereocenters. The molecular weight excluding hydrogens is 292 g/mol. The van der Waals surface area contributed by atoms with E-state index in [1.807, 2.05) is 0 Å². The van der Waals surface area contributed by atoms with E-state index in [0.717, 1.165) is 0 Å². The first-order valence-electron chi connectivity index (χ1n) is 0. The minimum Gasteiger partial charge on any atom is -0.0776 e. The Morgan fingerprint density at radius 3 is 0.333 bits per heavy atom. The summed E-state index contributed by atoms with van der Waals surface area (Å²) >= 11 is 0. The van der Waals surface area contributed by atoms with Crippen molar-refractivity contribution >= 4 is 48.9 Å². The Balaban J connectivity index is 0. The maximum Gasteiger partial charge on any atom is 0 e. The number of hydrogen-bond acceptors (Lipinski definition) is 0. The van der Waals surface area contributed by atoms with Gasteiger partial charge in [-0.3, -0.25) is 0 Å². The molecule has 0 aromatic carbocycles. The zero-order chi connectivity index (χ0) is 0. The van der Waals surface area contributed by atoms with Crippen molar-refractivity contribution in [3.05, 3.63) is 0 Å². The van der Waals surface area contributed by atoms with Gasteiger partial charge in [0.25, 0.3) is 0 Å². The average Bonchev–Trinajstić information content (AvgIpc) is 0. The summed E-state index contributed by atoms with van der Waals surface area (Å²) in [6.45, 7) is 0. The molecule has 0 saturated carbocycles. The van der Waals surface area contributed by atoms with Gasteiger partial charge in [0.1, 0.15) is 0 Å². The molecule has 0 N–H and O–H groups in total. The van der Waals surface area contributed by atoms with Crippen LogP contribution in [0.3, 0.4) is 0 Å². The van der Waals surface area contributed by atoms with Gasteiger partial charge in [0.05, 0.1) is 0 Å². The summed E-state index contributed by atoms with van der Waals surface area (Å²) in [4.78, 5) is 0. The maximum atomic E-state index is 0. The van der Waals surface area contributed by atoms with Gasteiger partial charge >= 0.3 is 0 Å². The Labute approximate surface area is 78.0 Å². The van der Waals surface area contributed by atoms with Crippen molar-refractivity contribution in [2.75, 3.05) is 0 Å². The van der Waals surface area contributed by atoms with Crippen LogP contribution in [0.1, 0.15) is 29.7 Å². The fourth-order valence-electron chi connectivity index (χ4n) is 0. The van der Waals surface area contributed by atoms with Gasteiger partial charge < -0.3 is 0 Å². The van der Waals surface area contributed by atoms with Crippen molar-refractivity contribution in [1.82, 2.24) is 0 Å². The molecule has 0 bridgehead atoms. The average molecular weight is 308 g/mol. The maximum absolute atomic E-state index is 0. The van der Waals surface area contributed by atoms with E-state index in [2.05, 4.69) is 0 Å². The molecule has 0 aromatic heterocycles. The molecule has 0 atom stereocenters. The molecule has 0 nitrogen and oxygen atoms in total. The third kappa shape index (κ3) is 45.2. The molecule has 0 aliphatic carbocycles. The van der Waals surface area contributed by atoms with E-state index < -0.39 is 0 Å². The zero-order valence-corrected chi connectivity index (χ0v) is 6.00. The van der Waals surface area contributed by atoms with E-state index in [1.165, 1.54) is 0 Å². The van der Waals surface area contributed by atoms with E-state index in [1.54, 1.807) is 0 Å². The van der Waals surface area contributed by atoms with E-state index in [4.69, 9.17) is 0 Å². The van der Waals surface area contributed by atoms with Crippen LogP contribution in [0.2, 0.25) is 0 Å². The molecule has 0 rings (SSSR count). The van der Waals surface area contributed by atoms with Gasteiger partial charge in [0, 0.05) is 48.9 Å². The predicted molar refractivity (Wildman–Crippen MR) is 38.4 cm³/mol. The summed E-state index contributed by atoms with van der Waals surface area (Å²) < 4.78 is 0. The Kier molecular flexibility index (Phi) is 1650. The van der Waals surface area contributed by atoms with Crippen LogP contribution in [0.15, 0.2) is 0 Å². The van der Waals surface area contributed by atoms with E-state index in [9.17, 15) is 0 Å². The van der Waals surface area contributed by atoms with Crippen molar-refractivity contribution in [2.45, 2.75) is 29.7 Å². The van der Waals surface area contributed by atoms with Crippen LogP contribution in [0.25, 0.3) is 0 Å². The molecule has 6 heavy (non-hydrogen) atoms. The second-order valence-corrected chi connectivity index (χ2v) is 0. The number of rotatable bonds is 0. The van der Waals surface area contributed by atoms with E-state index in [-0.39, 0.29) is 78.6 Å². The Bertz CT molecular complexity index is 5.51. The van der Waals surface area contributed by atoms with Crippen molar-refractivity contribution in [1.29, 1.82) is 0 Å². The molecule has 0 heterocycles. The first-order valence-corrected chi connectivity index (χ1v) is 0. The molecule has 0 amide bonds. The molecule has 6 radical (unpaired) electrons. The van der Waals surface area contributed by atoms with E-state index >= 15 is 0 Å². The fourth-order valence-corrected chi connectivity index (χ4v) is 0. The van der Waals surface area contributed by atoms with Crippen molar-refractivity contribution in [3.63, 3.8) is 0 Å². The number of hydrogen-bond donors (Lipinski definition) is 0. The van der Waals surface area contributed by atoms with Gasteiger partial charge in [0.2, 0.25) is 0 Å². The molecular formula is C4H16Sb2. The molecule has 42 valence electrons. The van der Waals surface area contributed by atoms with Gasteiger partial charge in [-0.15, -0.1) is 0 Å². The van der Waals surface area contributed by atoms with Gasteiger partial charge in [0.15, 0.2) is 0 Å². The van der Waals surface area contributed by atoms with Crippen LogP contribution in [-0.2, 0) is 0 Å². The summed E-state index contributed by atoms with van der Waals surface area (Å²) in [6.07, 6.45) is 0. The van der Waals surface area contributed by atoms with Gasteiger partial charge in [-0.25, -0.2) is 0 Å². The predicted octanol–water partition coefficient (Wildman–Crippen LogP) is 1.78. The van der Waals surface area contributed by atoms with Crippen LogP contribution in [0.5, 0.6) is 0 Å². The smallest absolute Gasteiger partial charge is 0 e. The Morgan fingerprint density at radius 2 is 0.333 bits per heavy atom. The molecule has 0 aromatic rings. The molecule has 2 heteroatoms. The fraction of sp³-hybridized carbons (Fsp3) is 1.00. The van der Waals surface area contributed by atoms with Crippen LogP contribution >= 0.6 is 0 Å². The van der Waals surface area contributed by atoms with Gasteiger partial charge in [-0.1, -0.05) is 29.7 Å². The zero-order valence-electron chi connectivity index (χ0n) is 0.894. The van der Waals surface area contributed by atoms with Crippen LogP contribution in [0, 0.1) is 0 Å². The van der Waals surface area contributed by atoms with Crippen LogP contribution in [0.4, 0.5) is 0 Å². The molecule has 0 aliphatic heterocycles. The van der Waals surface area contributed by atoms with Crippen molar-refractivity contribution in [3.8, 4) is 0 Å². The molecule has 0 saturated heterocycles. The minimum atomic E-state index is 0. The Morgan fingerprint density at radius 1 is 0.333 bits per heavy atom. The normalized spacial score (nSPS) is 0. The second-order valence-electron chi connectivity index (χ2n) is 0. The summed E-state index contributed by atoms with van der Waals surface area (Å²) in [5.74, 6) is 0. The van der Waals surface area contributed by atoms with Crippen LogP contribution in [-0.4, -0.2) is 48.9 Å². The van der Waals surface area contributed by atoms with Crippen molar-refractivity contribution in [2.24, 2.45) is 0 Å². The minimum absolute atomic E-state index is 0. The van der Waals surface area contributed by atoms with Crippen molar-refractivity contribution < 1.29 is 0 Å². The standard InChI is InChI=1S/4CH4.2Sb/h4*1H4;;. The molecule has 0 spiro atoms. The van der Waals surface area contributed by atoms with Gasteiger partial charge in [-0.2, -0.15) is 0 Å². The molecule has 0 fully saturated rings. The van der Waals surface area contributed by atoms with Gasteiger partial charge in [-0.05, 0) is 0 Å². The summed E-state index contributed by atoms with van der Waals surface area (Å²) in [5.41, 5.74) is 0. The third-order valence-electron chi connectivity index (χ3n) is 0. The quantitative estimate of drug-likeness (QED) is 0.599. The molecule has 0 aliphatic rings. The Hall–Kier alpha value is 1.64. The summed E-state index contributed by atoms with van der Waals surface area (Å²) in [7, 11) is 0. The van der Waals surface area contributed by atoms with E-state index in [0.29, 0.717) is 0 Å². The first kappa shape index (κ1) is 126. The summed E-state index contributed by atoms with van der Waals surface area (Å²) in [5, 5.41) is 0. The largest absolute Gasteiger partial charge is 0.0776 e. The monoisotopic (exact) mass is 306 g/mol. The van der Waals surface area contributed by atoms with Crippen LogP contribution < -0.4 is 0 Å².